The van der Waals surface area contributed by atoms with Crippen LogP contribution in [0.5, 0.6) is 5.75 Å². The van der Waals surface area contributed by atoms with Gasteiger partial charge in [-0.1, -0.05) is 19.9 Å². The van der Waals surface area contributed by atoms with Crippen molar-refractivity contribution in [2.24, 2.45) is 0 Å². The lowest BCUT2D eigenvalue weighted by molar-refractivity contribution is 0.103. The van der Waals surface area contributed by atoms with E-state index in [1.165, 1.54) is 26.2 Å². The molecular weight excluding hydrogens is 390 g/mol. The lowest BCUT2D eigenvalue weighted by Gasteiger charge is -2.32. The number of rotatable bonds is 2. The zero-order valence-electron chi connectivity index (χ0n) is 16.4. The molecule has 0 aliphatic heterocycles. The smallest absolute Gasteiger partial charge is 0.246 e. The number of phenolic OH excluding ortho intramolecular Hbond substituents is 1. The first-order chi connectivity index (χ1) is 13.5. The van der Waals surface area contributed by atoms with E-state index >= 15 is 0 Å². The van der Waals surface area contributed by atoms with Gasteiger partial charge in [-0.25, -0.2) is 12.7 Å². The molecule has 7 nitrogen and oxygen atoms in total. The zero-order chi connectivity index (χ0) is 21.3. The fourth-order valence-corrected chi connectivity index (χ4v) is 4.90. The highest BCUT2D eigenvalue weighted by Gasteiger charge is 2.41. The number of nitriles is 1. The van der Waals surface area contributed by atoms with Crippen molar-refractivity contribution in [3.05, 3.63) is 58.3 Å². The number of hydrogen-bond donors (Lipinski definition) is 2. The molecule has 3 aromatic rings. The SMILES string of the molecule is CN(C)S(=O)(=O)c1cc2c(cc1O)C(C)(C)c1[nH]c3cc(C#N)ccc3c1C2=O. The maximum Gasteiger partial charge on any atom is 0.246 e. The van der Waals surface area contributed by atoms with E-state index in [1.54, 1.807) is 18.2 Å². The number of H-pyrrole nitrogens is 1. The fourth-order valence-electron chi connectivity index (χ4n) is 3.92. The number of benzene rings is 2. The average Bonchev–Trinajstić information content (AvgIpc) is 3.05. The molecule has 0 unspecified atom stereocenters. The van der Waals surface area contributed by atoms with Gasteiger partial charge in [0, 0.05) is 41.7 Å². The Balaban J connectivity index is 2.05. The van der Waals surface area contributed by atoms with Crippen molar-refractivity contribution in [3.63, 3.8) is 0 Å². The highest BCUT2D eigenvalue weighted by Crippen LogP contribution is 2.46. The number of aromatic hydroxyl groups is 1. The number of carbonyl (C=O) groups is 1. The van der Waals surface area contributed by atoms with Crippen molar-refractivity contribution in [2.45, 2.75) is 24.2 Å². The molecule has 0 bridgehead atoms. The van der Waals surface area contributed by atoms with Crippen LogP contribution in [-0.4, -0.2) is 42.7 Å². The number of aromatic amines is 1. The van der Waals surface area contributed by atoms with Gasteiger partial charge < -0.3 is 10.1 Å². The van der Waals surface area contributed by atoms with Crippen LogP contribution < -0.4 is 0 Å². The Labute approximate surface area is 168 Å². The van der Waals surface area contributed by atoms with Crippen molar-refractivity contribution in [1.82, 2.24) is 9.29 Å². The first-order valence-corrected chi connectivity index (χ1v) is 10.3. The Kier molecular flexibility index (Phi) is 3.92. The first-order valence-electron chi connectivity index (χ1n) is 8.91. The summed E-state index contributed by atoms with van der Waals surface area (Å²) in [5.41, 5.74) is 2.35. The van der Waals surface area contributed by atoms with Crippen molar-refractivity contribution < 1.29 is 18.3 Å². The molecule has 0 spiro atoms. The summed E-state index contributed by atoms with van der Waals surface area (Å²) >= 11 is 0. The predicted octanol–water partition coefficient (Wildman–Crippen LogP) is 2.87. The Morgan fingerprint density at radius 3 is 2.48 bits per heavy atom. The van der Waals surface area contributed by atoms with Gasteiger partial charge in [0.15, 0.2) is 5.78 Å². The summed E-state index contributed by atoms with van der Waals surface area (Å²) in [6.45, 7) is 3.80. The van der Waals surface area contributed by atoms with Crippen molar-refractivity contribution in [3.8, 4) is 11.8 Å². The first kappa shape index (κ1) is 19.2. The van der Waals surface area contributed by atoms with Crippen LogP contribution in [0.4, 0.5) is 0 Å². The predicted molar refractivity (Wildman–Crippen MR) is 108 cm³/mol. The third kappa shape index (κ3) is 2.51. The standard InChI is InChI=1S/C21H19N3O4S/c1-21(2)14-9-16(25)17(29(27,28)24(3)4)8-13(14)19(26)18-12-6-5-11(10-22)7-15(12)23-20(18)21/h5-9,23,25H,1-4H3. The van der Waals surface area contributed by atoms with Gasteiger partial charge in [-0.15, -0.1) is 0 Å². The minimum Gasteiger partial charge on any atom is -0.507 e. The van der Waals surface area contributed by atoms with Crippen molar-refractivity contribution >= 4 is 26.7 Å². The van der Waals surface area contributed by atoms with E-state index in [9.17, 15) is 18.3 Å². The molecule has 0 amide bonds. The number of sulfonamides is 1. The minimum absolute atomic E-state index is 0.242. The molecule has 1 heterocycles. The van der Waals surface area contributed by atoms with Crippen LogP contribution >= 0.6 is 0 Å². The number of nitrogens with zero attached hydrogens (tertiary/aromatic N) is 2. The van der Waals surface area contributed by atoms with E-state index in [2.05, 4.69) is 11.1 Å². The second kappa shape index (κ2) is 5.92. The zero-order valence-corrected chi connectivity index (χ0v) is 17.2. The van der Waals surface area contributed by atoms with Gasteiger partial charge in [-0.2, -0.15) is 5.26 Å². The number of fused-ring (bicyclic) bond motifs is 4. The molecule has 29 heavy (non-hydrogen) atoms. The second-order valence-electron chi connectivity index (χ2n) is 7.85. The molecule has 0 atom stereocenters. The van der Waals surface area contributed by atoms with Crippen LogP contribution in [0.15, 0.2) is 35.2 Å². The number of nitrogens with one attached hydrogen (secondary N) is 1. The number of ketones is 1. The Morgan fingerprint density at radius 1 is 1.17 bits per heavy atom. The molecule has 148 valence electrons. The van der Waals surface area contributed by atoms with E-state index in [0.29, 0.717) is 33.3 Å². The van der Waals surface area contributed by atoms with Crippen LogP contribution in [0.25, 0.3) is 10.9 Å². The molecule has 2 aromatic carbocycles. The average molecular weight is 409 g/mol. The van der Waals surface area contributed by atoms with Crippen LogP contribution in [0.2, 0.25) is 0 Å². The van der Waals surface area contributed by atoms with Crippen molar-refractivity contribution in [1.29, 1.82) is 5.26 Å². The summed E-state index contributed by atoms with van der Waals surface area (Å²) in [7, 11) is -1.20. The molecule has 0 radical (unpaired) electrons. The fraction of sp³-hybridized carbons (Fsp3) is 0.238. The van der Waals surface area contributed by atoms with Crippen LogP contribution in [0, 0.1) is 11.3 Å². The molecule has 0 saturated carbocycles. The van der Waals surface area contributed by atoms with E-state index in [1.807, 2.05) is 13.8 Å². The third-order valence-corrected chi connectivity index (χ3v) is 7.40. The topological polar surface area (TPSA) is 114 Å². The molecule has 8 heteroatoms. The van der Waals surface area contributed by atoms with E-state index in [0.717, 1.165) is 4.31 Å². The van der Waals surface area contributed by atoms with Gasteiger partial charge in [-0.3, -0.25) is 4.79 Å². The van der Waals surface area contributed by atoms with Crippen LogP contribution in [-0.2, 0) is 15.4 Å². The lowest BCUT2D eigenvalue weighted by atomic mass is 9.71. The molecule has 4 rings (SSSR count). The van der Waals surface area contributed by atoms with E-state index in [4.69, 9.17) is 5.26 Å². The monoisotopic (exact) mass is 409 g/mol. The highest BCUT2D eigenvalue weighted by molar-refractivity contribution is 7.89. The highest BCUT2D eigenvalue weighted by atomic mass is 32.2. The van der Waals surface area contributed by atoms with Gasteiger partial charge in [0.25, 0.3) is 0 Å². The molecule has 1 aliphatic rings. The summed E-state index contributed by atoms with van der Waals surface area (Å²) in [6.07, 6.45) is 0. The van der Waals surface area contributed by atoms with E-state index < -0.39 is 21.2 Å². The minimum atomic E-state index is -3.93. The van der Waals surface area contributed by atoms with Gasteiger partial charge in [0.05, 0.1) is 17.2 Å². The van der Waals surface area contributed by atoms with Crippen LogP contribution in [0.1, 0.15) is 46.6 Å². The molecule has 1 aliphatic carbocycles. The number of aromatic nitrogens is 1. The van der Waals surface area contributed by atoms with Gasteiger partial charge in [0.1, 0.15) is 10.6 Å². The normalized spacial score (nSPS) is 15.2. The maximum absolute atomic E-state index is 13.4. The molecule has 0 fully saturated rings. The number of phenols is 1. The molecule has 2 N–H and O–H groups in total. The molecule has 1 aromatic heterocycles. The summed E-state index contributed by atoms with van der Waals surface area (Å²) in [5, 5.41) is 20.3. The lowest BCUT2D eigenvalue weighted by Crippen LogP contribution is -2.31. The van der Waals surface area contributed by atoms with Crippen molar-refractivity contribution in [2.75, 3.05) is 14.1 Å². The summed E-state index contributed by atoms with van der Waals surface area (Å²) in [4.78, 5) is 16.4. The second-order valence-corrected chi connectivity index (χ2v) is 9.97. The molecule has 0 saturated heterocycles. The van der Waals surface area contributed by atoms with Crippen LogP contribution in [0.3, 0.4) is 0 Å². The number of carbonyl (C=O) groups excluding carboxylic acids is 1. The Bertz CT molecular complexity index is 1360. The summed E-state index contributed by atoms with van der Waals surface area (Å²) < 4.78 is 26.2. The van der Waals surface area contributed by atoms with Gasteiger partial charge in [-0.05, 0) is 29.8 Å². The Hall–Kier alpha value is -3.15. The number of hydrogen-bond acceptors (Lipinski definition) is 5. The largest absolute Gasteiger partial charge is 0.507 e. The molecular formula is C21H19N3O4S. The summed E-state index contributed by atoms with van der Waals surface area (Å²) in [6, 6.07) is 9.75. The third-order valence-electron chi connectivity index (χ3n) is 5.56. The Morgan fingerprint density at radius 2 is 1.86 bits per heavy atom. The van der Waals surface area contributed by atoms with E-state index in [-0.39, 0.29) is 16.2 Å². The van der Waals surface area contributed by atoms with Gasteiger partial charge >= 0.3 is 0 Å². The maximum atomic E-state index is 13.4. The quantitative estimate of drug-likeness (QED) is 0.675. The van der Waals surface area contributed by atoms with Gasteiger partial charge in [0.2, 0.25) is 10.0 Å². The summed E-state index contributed by atoms with van der Waals surface area (Å²) in [5.74, 6) is -0.717.